The fourth-order valence-corrected chi connectivity index (χ4v) is 3.57. The maximum absolute atomic E-state index is 12.5. The minimum atomic E-state index is -4.55. The van der Waals surface area contributed by atoms with Crippen molar-refractivity contribution in [2.45, 2.75) is 11.1 Å². The molecule has 0 unspecified atom stereocenters. The molecule has 1 heterocycles. The summed E-state index contributed by atoms with van der Waals surface area (Å²) in [5.41, 5.74) is -0.955. The third-order valence-electron chi connectivity index (χ3n) is 2.77. The number of esters is 1. The molecule has 0 saturated carbocycles. The molecule has 0 amide bonds. The monoisotopic (exact) mass is 365 g/mol. The number of rotatable bonds is 4. The van der Waals surface area contributed by atoms with Gasteiger partial charge in [0.1, 0.15) is 4.88 Å². The smallest absolute Gasteiger partial charge is 0.416 e. The lowest BCUT2D eigenvalue weighted by molar-refractivity contribution is -0.137. The first kappa shape index (κ1) is 17.3. The molecule has 2 rings (SSSR count). The molecule has 1 aromatic carbocycles. The molecular weight excluding hydrogens is 355 g/mol. The lowest BCUT2D eigenvalue weighted by Crippen LogP contribution is -2.15. The van der Waals surface area contributed by atoms with Crippen LogP contribution in [0.4, 0.5) is 18.9 Å². The van der Waals surface area contributed by atoms with Crippen LogP contribution in [0.15, 0.2) is 40.6 Å². The number of nitrogens with one attached hydrogen (secondary N) is 1. The molecule has 0 spiro atoms. The van der Waals surface area contributed by atoms with E-state index in [9.17, 15) is 26.4 Å². The number of carbonyl (C=O) groups excluding carboxylic acids is 1. The van der Waals surface area contributed by atoms with Crippen LogP contribution in [-0.2, 0) is 20.9 Å². The third-order valence-corrected chi connectivity index (χ3v) is 5.05. The van der Waals surface area contributed by atoms with E-state index in [2.05, 4.69) is 9.46 Å². The number of hydrogen-bond donors (Lipinski definition) is 1. The van der Waals surface area contributed by atoms with Crippen molar-refractivity contribution in [2.75, 3.05) is 11.8 Å². The zero-order valence-corrected chi connectivity index (χ0v) is 13.2. The first-order valence-electron chi connectivity index (χ1n) is 6.01. The zero-order valence-electron chi connectivity index (χ0n) is 11.5. The minimum absolute atomic E-state index is 0.00162. The van der Waals surface area contributed by atoms with Crippen molar-refractivity contribution in [1.82, 2.24) is 0 Å². The maximum Gasteiger partial charge on any atom is 0.416 e. The normalized spacial score (nSPS) is 12.0. The van der Waals surface area contributed by atoms with Gasteiger partial charge in [0.05, 0.1) is 23.3 Å². The van der Waals surface area contributed by atoms with E-state index < -0.39 is 27.7 Å². The Morgan fingerprint density at radius 2 is 1.78 bits per heavy atom. The summed E-state index contributed by atoms with van der Waals surface area (Å²) in [5, 5.41) is 1.48. The van der Waals surface area contributed by atoms with Crippen LogP contribution < -0.4 is 4.72 Å². The number of methoxy groups -OCH3 is 1. The average molecular weight is 365 g/mol. The van der Waals surface area contributed by atoms with Crippen molar-refractivity contribution in [1.29, 1.82) is 0 Å². The molecule has 1 aromatic heterocycles. The molecule has 0 bridgehead atoms. The molecule has 10 heteroatoms. The van der Waals surface area contributed by atoms with Gasteiger partial charge in [0.2, 0.25) is 0 Å². The van der Waals surface area contributed by atoms with Crippen LogP contribution in [0.3, 0.4) is 0 Å². The number of benzene rings is 1. The molecule has 0 fully saturated rings. The Morgan fingerprint density at radius 3 is 2.30 bits per heavy atom. The Kier molecular flexibility index (Phi) is 4.66. The predicted octanol–water partition coefficient (Wildman–Crippen LogP) is 3.35. The summed E-state index contributed by atoms with van der Waals surface area (Å²) < 4.78 is 68.5. The second kappa shape index (κ2) is 6.20. The molecule has 0 aliphatic heterocycles. The highest BCUT2D eigenvalue weighted by atomic mass is 32.2. The number of sulfonamides is 1. The Bertz CT molecular complexity index is 810. The summed E-state index contributed by atoms with van der Waals surface area (Å²) in [6.45, 7) is 0. The molecular formula is C13H10F3NO4S2. The number of thiophene rings is 1. The van der Waals surface area contributed by atoms with Gasteiger partial charge in [0.15, 0.2) is 0 Å². The highest BCUT2D eigenvalue weighted by Crippen LogP contribution is 2.30. The molecule has 0 aliphatic rings. The second-order valence-corrected chi connectivity index (χ2v) is 6.88. The number of alkyl halides is 3. The Morgan fingerprint density at radius 1 is 1.17 bits per heavy atom. The summed E-state index contributed by atoms with van der Waals surface area (Å²) in [6.07, 6.45) is -4.55. The van der Waals surface area contributed by atoms with E-state index in [1.165, 1.54) is 11.4 Å². The lowest BCUT2D eigenvalue weighted by atomic mass is 10.2. The summed E-state index contributed by atoms with van der Waals surface area (Å²) in [5.74, 6) is -0.717. The number of halogens is 3. The van der Waals surface area contributed by atoms with E-state index in [4.69, 9.17) is 0 Å². The van der Waals surface area contributed by atoms with Crippen molar-refractivity contribution in [2.24, 2.45) is 0 Å². The summed E-state index contributed by atoms with van der Waals surface area (Å²) in [7, 11) is -2.98. The minimum Gasteiger partial charge on any atom is -0.465 e. The van der Waals surface area contributed by atoms with Gasteiger partial charge in [-0.05, 0) is 35.7 Å². The SMILES string of the molecule is COC(=O)c1sccc1NS(=O)(=O)c1ccc(C(F)(F)F)cc1. The van der Waals surface area contributed by atoms with Crippen LogP contribution in [-0.4, -0.2) is 21.5 Å². The van der Waals surface area contributed by atoms with E-state index in [1.807, 2.05) is 0 Å². The molecule has 0 saturated heterocycles. The van der Waals surface area contributed by atoms with Crippen LogP contribution in [0.5, 0.6) is 0 Å². The molecule has 0 atom stereocenters. The number of carbonyl (C=O) groups is 1. The average Bonchev–Trinajstić information content (AvgIpc) is 2.93. The van der Waals surface area contributed by atoms with Crippen molar-refractivity contribution in [3.05, 3.63) is 46.2 Å². The van der Waals surface area contributed by atoms with E-state index in [0.29, 0.717) is 12.1 Å². The first-order chi connectivity index (χ1) is 10.6. The molecule has 1 N–H and O–H groups in total. The molecule has 2 aromatic rings. The van der Waals surface area contributed by atoms with Crippen LogP contribution in [0, 0.1) is 0 Å². The van der Waals surface area contributed by atoms with Gasteiger partial charge in [-0.1, -0.05) is 0 Å². The molecule has 124 valence electrons. The topological polar surface area (TPSA) is 72.5 Å². The van der Waals surface area contributed by atoms with Gasteiger partial charge in [-0.25, -0.2) is 13.2 Å². The number of anilines is 1. The molecule has 0 radical (unpaired) electrons. The van der Waals surface area contributed by atoms with E-state index in [-0.39, 0.29) is 15.5 Å². The Hall–Kier alpha value is -2.07. The predicted molar refractivity (Wildman–Crippen MR) is 77.9 cm³/mol. The van der Waals surface area contributed by atoms with Crippen molar-refractivity contribution < 1.29 is 31.1 Å². The van der Waals surface area contributed by atoms with E-state index in [1.54, 1.807) is 0 Å². The highest BCUT2D eigenvalue weighted by Gasteiger charge is 2.30. The van der Waals surface area contributed by atoms with Gasteiger partial charge in [-0.15, -0.1) is 11.3 Å². The zero-order chi connectivity index (χ0) is 17.3. The first-order valence-corrected chi connectivity index (χ1v) is 8.37. The molecule has 23 heavy (non-hydrogen) atoms. The van der Waals surface area contributed by atoms with Crippen LogP contribution in [0.2, 0.25) is 0 Å². The van der Waals surface area contributed by atoms with Gasteiger partial charge in [-0.2, -0.15) is 13.2 Å². The molecule has 0 aliphatic carbocycles. The van der Waals surface area contributed by atoms with Gasteiger partial charge in [0.25, 0.3) is 10.0 Å². The quantitative estimate of drug-likeness (QED) is 0.844. The van der Waals surface area contributed by atoms with Crippen molar-refractivity contribution in [3.63, 3.8) is 0 Å². The van der Waals surface area contributed by atoms with Gasteiger partial charge >= 0.3 is 12.1 Å². The van der Waals surface area contributed by atoms with Crippen LogP contribution >= 0.6 is 11.3 Å². The fraction of sp³-hybridized carbons (Fsp3) is 0.154. The van der Waals surface area contributed by atoms with Gasteiger partial charge in [0, 0.05) is 0 Å². The number of ether oxygens (including phenoxy) is 1. The third kappa shape index (κ3) is 3.82. The summed E-state index contributed by atoms with van der Waals surface area (Å²) in [6, 6.07) is 4.38. The van der Waals surface area contributed by atoms with E-state index >= 15 is 0 Å². The largest absolute Gasteiger partial charge is 0.465 e. The fourth-order valence-electron chi connectivity index (χ4n) is 1.67. The number of hydrogen-bond acceptors (Lipinski definition) is 5. The maximum atomic E-state index is 12.5. The van der Waals surface area contributed by atoms with Crippen molar-refractivity contribution >= 4 is 33.0 Å². The summed E-state index contributed by atoms with van der Waals surface area (Å²) in [4.78, 5) is 11.2. The van der Waals surface area contributed by atoms with E-state index in [0.717, 1.165) is 30.6 Å². The molecule has 5 nitrogen and oxygen atoms in total. The highest BCUT2D eigenvalue weighted by molar-refractivity contribution is 7.92. The second-order valence-electron chi connectivity index (χ2n) is 4.28. The summed E-state index contributed by atoms with van der Waals surface area (Å²) >= 11 is 0.974. The Balaban J connectivity index is 2.30. The lowest BCUT2D eigenvalue weighted by Gasteiger charge is -2.10. The van der Waals surface area contributed by atoms with Crippen LogP contribution in [0.25, 0.3) is 0 Å². The Labute approximate surface area is 133 Å². The standard InChI is InChI=1S/C13H10F3NO4S2/c1-21-12(18)11-10(6-7-22-11)17-23(19,20)9-4-2-8(3-5-9)13(14,15)16/h2-7,17H,1H3. The van der Waals surface area contributed by atoms with Crippen LogP contribution in [0.1, 0.15) is 15.2 Å². The van der Waals surface area contributed by atoms with Gasteiger partial charge in [-0.3, -0.25) is 4.72 Å². The van der Waals surface area contributed by atoms with Gasteiger partial charge < -0.3 is 4.74 Å². The van der Waals surface area contributed by atoms with Crippen molar-refractivity contribution in [3.8, 4) is 0 Å².